The summed E-state index contributed by atoms with van der Waals surface area (Å²) in [7, 11) is 0. The van der Waals surface area contributed by atoms with Crippen LogP contribution in [0.4, 0.5) is 0 Å². The predicted octanol–water partition coefficient (Wildman–Crippen LogP) is 2.47. The first-order valence-corrected chi connectivity index (χ1v) is 8.17. The fourth-order valence-electron chi connectivity index (χ4n) is 3.66. The zero-order valence-corrected chi connectivity index (χ0v) is 13.1. The maximum Gasteiger partial charge on any atom is 0.246 e. The van der Waals surface area contributed by atoms with E-state index in [0.717, 1.165) is 45.1 Å². The van der Waals surface area contributed by atoms with Crippen LogP contribution in [0.5, 0.6) is 0 Å². The average molecular weight is 280 g/mol. The molecular formula is C16H28N2O2. The second kappa shape index (κ2) is 6.15. The van der Waals surface area contributed by atoms with E-state index in [2.05, 4.69) is 19.2 Å². The van der Waals surface area contributed by atoms with Crippen molar-refractivity contribution >= 4 is 11.8 Å². The van der Waals surface area contributed by atoms with Gasteiger partial charge in [0.2, 0.25) is 11.8 Å². The van der Waals surface area contributed by atoms with Crippen molar-refractivity contribution in [2.45, 2.75) is 77.3 Å². The molecule has 1 atom stereocenters. The molecular weight excluding hydrogens is 252 g/mol. The number of hydrogen-bond acceptors (Lipinski definition) is 2. The highest BCUT2D eigenvalue weighted by atomic mass is 16.2. The van der Waals surface area contributed by atoms with Gasteiger partial charge in [0.1, 0.15) is 11.6 Å². The van der Waals surface area contributed by atoms with Crippen molar-refractivity contribution in [3.05, 3.63) is 0 Å². The molecule has 2 amide bonds. The van der Waals surface area contributed by atoms with E-state index in [1.165, 1.54) is 6.42 Å². The molecule has 1 saturated carbocycles. The highest BCUT2D eigenvalue weighted by molar-refractivity contribution is 5.99. The molecule has 4 nitrogen and oxygen atoms in total. The number of nitrogens with zero attached hydrogens (tertiary/aromatic N) is 1. The van der Waals surface area contributed by atoms with Gasteiger partial charge in [0.15, 0.2) is 0 Å². The van der Waals surface area contributed by atoms with E-state index in [9.17, 15) is 9.59 Å². The Hall–Kier alpha value is -1.06. The number of nitrogens with one attached hydrogen (secondary N) is 1. The first-order valence-electron chi connectivity index (χ1n) is 8.17. The predicted molar refractivity (Wildman–Crippen MR) is 79.2 cm³/mol. The van der Waals surface area contributed by atoms with Gasteiger partial charge in [0.25, 0.3) is 0 Å². The molecule has 1 unspecified atom stereocenters. The van der Waals surface area contributed by atoms with Crippen LogP contribution in [0, 0.1) is 5.92 Å². The smallest absolute Gasteiger partial charge is 0.246 e. The summed E-state index contributed by atoms with van der Waals surface area (Å²) >= 11 is 0. The quantitative estimate of drug-likeness (QED) is 0.860. The Labute approximate surface area is 122 Å². The minimum absolute atomic E-state index is 0.0789. The Kier molecular flexibility index (Phi) is 4.71. The molecule has 1 heterocycles. The van der Waals surface area contributed by atoms with Gasteiger partial charge in [-0.3, -0.25) is 9.59 Å². The average Bonchev–Trinajstić information content (AvgIpc) is 2.47. The van der Waals surface area contributed by atoms with Gasteiger partial charge in [0, 0.05) is 6.54 Å². The summed E-state index contributed by atoms with van der Waals surface area (Å²) in [5.74, 6) is 0.685. The van der Waals surface area contributed by atoms with Crippen LogP contribution in [0.2, 0.25) is 0 Å². The highest BCUT2D eigenvalue weighted by Crippen LogP contribution is 2.37. The molecule has 1 saturated heterocycles. The molecule has 1 aliphatic carbocycles. The second-order valence-electron chi connectivity index (χ2n) is 6.42. The third-order valence-corrected chi connectivity index (χ3v) is 5.20. The lowest BCUT2D eigenvalue weighted by Crippen LogP contribution is -2.71. The van der Waals surface area contributed by atoms with Crippen LogP contribution in [0.3, 0.4) is 0 Å². The van der Waals surface area contributed by atoms with E-state index in [4.69, 9.17) is 0 Å². The number of carbonyl (C=O) groups is 2. The molecule has 1 spiro atoms. The zero-order chi connectivity index (χ0) is 14.8. The second-order valence-corrected chi connectivity index (χ2v) is 6.42. The Morgan fingerprint density at radius 2 is 1.80 bits per heavy atom. The first-order chi connectivity index (χ1) is 9.55. The molecule has 1 aliphatic heterocycles. The van der Waals surface area contributed by atoms with Gasteiger partial charge in [-0.15, -0.1) is 0 Å². The summed E-state index contributed by atoms with van der Waals surface area (Å²) in [5, 5.41) is 2.90. The fourth-order valence-corrected chi connectivity index (χ4v) is 3.66. The van der Waals surface area contributed by atoms with Crippen molar-refractivity contribution in [1.29, 1.82) is 0 Å². The van der Waals surface area contributed by atoms with Crippen molar-refractivity contribution in [2.75, 3.05) is 6.54 Å². The van der Waals surface area contributed by atoms with Crippen molar-refractivity contribution in [3.63, 3.8) is 0 Å². The summed E-state index contributed by atoms with van der Waals surface area (Å²) in [5.41, 5.74) is -0.551. The molecule has 0 aromatic carbocycles. The Morgan fingerprint density at radius 3 is 2.35 bits per heavy atom. The summed E-state index contributed by atoms with van der Waals surface area (Å²) in [6, 6.07) is -0.371. The lowest BCUT2D eigenvalue weighted by atomic mass is 9.77. The van der Waals surface area contributed by atoms with Gasteiger partial charge in [-0.05, 0) is 25.7 Å². The highest BCUT2D eigenvalue weighted by Gasteiger charge is 2.51. The summed E-state index contributed by atoms with van der Waals surface area (Å²) in [4.78, 5) is 27.2. The van der Waals surface area contributed by atoms with E-state index in [-0.39, 0.29) is 17.9 Å². The normalized spacial score (nSPS) is 26.2. The molecule has 2 aliphatic rings. The fraction of sp³-hybridized carbons (Fsp3) is 0.875. The summed E-state index contributed by atoms with van der Waals surface area (Å²) in [6.07, 6.45) is 7.06. The summed E-state index contributed by atoms with van der Waals surface area (Å²) in [6.45, 7) is 6.87. The monoisotopic (exact) mass is 280 g/mol. The van der Waals surface area contributed by atoms with Crippen LogP contribution in [-0.2, 0) is 9.59 Å². The number of amides is 2. The lowest BCUT2D eigenvalue weighted by Gasteiger charge is -2.50. The van der Waals surface area contributed by atoms with Gasteiger partial charge in [-0.25, -0.2) is 0 Å². The van der Waals surface area contributed by atoms with Gasteiger partial charge in [-0.2, -0.15) is 0 Å². The third kappa shape index (κ3) is 2.57. The van der Waals surface area contributed by atoms with Crippen LogP contribution in [-0.4, -0.2) is 34.8 Å². The molecule has 0 bridgehead atoms. The summed E-state index contributed by atoms with van der Waals surface area (Å²) < 4.78 is 0. The molecule has 114 valence electrons. The van der Waals surface area contributed by atoms with Crippen LogP contribution in [0.15, 0.2) is 0 Å². The van der Waals surface area contributed by atoms with Crippen LogP contribution >= 0.6 is 0 Å². The molecule has 1 N–H and O–H groups in total. The molecule has 2 fully saturated rings. The van der Waals surface area contributed by atoms with Crippen molar-refractivity contribution in [3.8, 4) is 0 Å². The van der Waals surface area contributed by atoms with Crippen LogP contribution in [0.25, 0.3) is 0 Å². The van der Waals surface area contributed by atoms with E-state index < -0.39 is 5.54 Å². The Bertz CT molecular complexity index is 371. The SMILES string of the molecule is CCC(CC)CN1C(=O)C(C)NC(=O)C12CCCCC2. The minimum atomic E-state index is -0.551. The maximum absolute atomic E-state index is 12.6. The van der Waals surface area contributed by atoms with Gasteiger partial charge in [-0.1, -0.05) is 46.0 Å². The molecule has 20 heavy (non-hydrogen) atoms. The molecule has 0 aromatic rings. The minimum Gasteiger partial charge on any atom is -0.343 e. The van der Waals surface area contributed by atoms with Gasteiger partial charge >= 0.3 is 0 Å². The van der Waals surface area contributed by atoms with Gasteiger partial charge in [0.05, 0.1) is 0 Å². The molecule has 4 heteroatoms. The largest absolute Gasteiger partial charge is 0.343 e. The first kappa shape index (κ1) is 15.3. The van der Waals surface area contributed by atoms with Crippen LogP contribution in [0.1, 0.15) is 65.7 Å². The van der Waals surface area contributed by atoms with E-state index in [1.807, 2.05) is 4.90 Å². The van der Waals surface area contributed by atoms with Crippen molar-refractivity contribution in [1.82, 2.24) is 10.2 Å². The van der Waals surface area contributed by atoms with E-state index in [0.29, 0.717) is 5.92 Å². The van der Waals surface area contributed by atoms with E-state index >= 15 is 0 Å². The van der Waals surface area contributed by atoms with Crippen molar-refractivity contribution in [2.24, 2.45) is 5.92 Å². The van der Waals surface area contributed by atoms with Gasteiger partial charge < -0.3 is 10.2 Å². The van der Waals surface area contributed by atoms with Crippen LogP contribution < -0.4 is 5.32 Å². The molecule has 2 rings (SSSR count). The number of piperazine rings is 1. The number of rotatable bonds is 4. The number of carbonyl (C=O) groups excluding carboxylic acids is 2. The Morgan fingerprint density at radius 1 is 1.20 bits per heavy atom. The lowest BCUT2D eigenvalue weighted by molar-refractivity contribution is -0.160. The number of hydrogen-bond donors (Lipinski definition) is 1. The van der Waals surface area contributed by atoms with Crippen molar-refractivity contribution < 1.29 is 9.59 Å². The maximum atomic E-state index is 12.6. The topological polar surface area (TPSA) is 49.4 Å². The van der Waals surface area contributed by atoms with E-state index in [1.54, 1.807) is 6.92 Å². The standard InChI is InChI=1S/C16H28N2O2/c1-4-13(5-2)11-18-14(19)12(3)17-15(20)16(18)9-7-6-8-10-16/h12-13H,4-11H2,1-3H3,(H,17,20). The molecule has 0 radical (unpaired) electrons. The Balaban J connectivity index is 2.28. The third-order valence-electron chi connectivity index (χ3n) is 5.20. The zero-order valence-electron chi connectivity index (χ0n) is 13.1. The molecule has 0 aromatic heterocycles.